The van der Waals surface area contributed by atoms with Crippen molar-refractivity contribution in [2.24, 2.45) is 5.73 Å². The Morgan fingerprint density at radius 3 is 2.45 bits per heavy atom. The fraction of sp³-hybridized carbons (Fsp3) is 0.500. The lowest BCUT2D eigenvalue weighted by atomic mass is 10.1. The molecular weight excluding hydrogens is 273 g/mol. The zero-order valence-corrected chi connectivity index (χ0v) is 10.6. The summed E-state index contributed by atoms with van der Waals surface area (Å²) in [6.45, 7) is 0.769. The van der Waals surface area contributed by atoms with Crippen molar-refractivity contribution in [2.75, 3.05) is 18.0 Å². The Bertz CT molecular complexity index is 510. The molecule has 110 valence electrons. The van der Waals surface area contributed by atoms with Gasteiger partial charge in [-0.3, -0.25) is 5.41 Å². The summed E-state index contributed by atoms with van der Waals surface area (Å²) >= 11 is 0. The van der Waals surface area contributed by atoms with Crippen LogP contribution in [0.4, 0.5) is 19.0 Å². The molecule has 5 nitrogen and oxygen atoms in total. The summed E-state index contributed by atoms with van der Waals surface area (Å²) in [5, 5.41) is 16.9. The molecule has 0 bridgehead atoms. The number of nitrogen functional groups attached to an aromatic ring is 1. The molecule has 0 aliphatic carbocycles. The summed E-state index contributed by atoms with van der Waals surface area (Å²) in [5.74, 6) is -0.272. The van der Waals surface area contributed by atoms with E-state index in [2.05, 4.69) is 4.98 Å². The fourth-order valence-electron chi connectivity index (χ4n) is 2.14. The number of amidine groups is 1. The highest BCUT2D eigenvalue weighted by molar-refractivity contribution is 5.99. The van der Waals surface area contributed by atoms with Crippen LogP contribution in [0.1, 0.15) is 24.1 Å². The third-order valence-corrected chi connectivity index (χ3v) is 3.22. The van der Waals surface area contributed by atoms with Crippen LogP contribution in [0.15, 0.2) is 12.1 Å². The topological polar surface area (TPSA) is 86.2 Å². The lowest BCUT2D eigenvalue weighted by molar-refractivity contribution is -0.141. The van der Waals surface area contributed by atoms with Crippen molar-refractivity contribution in [1.82, 2.24) is 4.98 Å². The summed E-state index contributed by atoms with van der Waals surface area (Å²) in [6, 6.07) is 1.98. The first-order chi connectivity index (χ1) is 9.29. The molecule has 4 N–H and O–H groups in total. The van der Waals surface area contributed by atoms with Crippen LogP contribution < -0.4 is 10.6 Å². The third kappa shape index (κ3) is 3.01. The minimum absolute atomic E-state index is 0.0548. The molecular formula is C12H15F3N4O. The molecule has 2 rings (SSSR count). The van der Waals surface area contributed by atoms with E-state index in [9.17, 15) is 18.3 Å². The second kappa shape index (κ2) is 5.28. The minimum atomic E-state index is -4.54. The van der Waals surface area contributed by atoms with E-state index in [1.165, 1.54) is 6.07 Å². The van der Waals surface area contributed by atoms with Crippen molar-refractivity contribution in [3.8, 4) is 0 Å². The third-order valence-electron chi connectivity index (χ3n) is 3.22. The first-order valence-corrected chi connectivity index (χ1v) is 6.14. The molecule has 0 radical (unpaired) electrons. The first-order valence-electron chi connectivity index (χ1n) is 6.14. The van der Waals surface area contributed by atoms with E-state index in [1.54, 1.807) is 4.90 Å². The number of nitrogens with two attached hydrogens (primary N) is 1. The van der Waals surface area contributed by atoms with E-state index in [-0.39, 0.29) is 17.2 Å². The van der Waals surface area contributed by atoms with Crippen molar-refractivity contribution in [2.45, 2.75) is 25.1 Å². The van der Waals surface area contributed by atoms with E-state index in [0.717, 1.165) is 6.07 Å². The van der Waals surface area contributed by atoms with Gasteiger partial charge in [0.25, 0.3) is 0 Å². The minimum Gasteiger partial charge on any atom is -0.393 e. The smallest absolute Gasteiger partial charge is 0.393 e. The number of piperidine rings is 1. The van der Waals surface area contributed by atoms with Gasteiger partial charge in [-0.25, -0.2) is 4.98 Å². The zero-order valence-electron chi connectivity index (χ0n) is 10.6. The van der Waals surface area contributed by atoms with E-state index in [4.69, 9.17) is 11.1 Å². The molecule has 8 heteroatoms. The number of anilines is 1. The van der Waals surface area contributed by atoms with Crippen molar-refractivity contribution < 1.29 is 18.3 Å². The number of aliphatic hydroxyl groups excluding tert-OH is 1. The highest BCUT2D eigenvalue weighted by Crippen LogP contribution is 2.31. The van der Waals surface area contributed by atoms with E-state index in [1.807, 2.05) is 0 Å². The molecule has 1 saturated heterocycles. The Hall–Kier alpha value is -1.83. The van der Waals surface area contributed by atoms with Crippen LogP contribution in [0.5, 0.6) is 0 Å². The largest absolute Gasteiger partial charge is 0.433 e. The number of alkyl halides is 3. The van der Waals surface area contributed by atoms with Crippen molar-refractivity contribution >= 4 is 11.7 Å². The quantitative estimate of drug-likeness (QED) is 0.566. The van der Waals surface area contributed by atoms with Crippen LogP contribution in [-0.4, -0.2) is 35.1 Å². The monoisotopic (exact) mass is 288 g/mol. The summed E-state index contributed by atoms with van der Waals surface area (Å²) in [5.41, 5.74) is 4.56. The molecule has 0 amide bonds. The molecule has 0 spiro atoms. The van der Waals surface area contributed by atoms with Crippen LogP contribution in [-0.2, 0) is 6.18 Å². The van der Waals surface area contributed by atoms with Crippen LogP contribution in [0.2, 0.25) is 0 Å². The maximum atomic E-state index is 12.7. The summed E-state index contributed by atoms with van der Waals surface area (Å²) in [4.78, 5) is 5.24. The van der Waals surface area contributed by atoms with E-state index >= 15 is 0 Å². The molecule has 0 saturated carbocycles. The van der Waals surface area contributed by atoms with Gasteiger partial charge >= 0.3 is 6.18 Å². The molecule has 2 heterocycles. The maximum Gasteiger partial charge on any atom is 0.433 e. The molecule has 0 aromatic carbocycles. The van der Waals surface area contributed by atoms with Crippen molar-refractivity contribution in [1.29, 1.82) is 5.41 Å². The highest BCUT2D eigenvalue weighted by atomic mass is 19.4. The zero-order chi connectivity index (χ0) is 14.9. The van der Waals surface area contributed by atoms with Crippen molar-refractivity contribution in [3.05, 3.63) is 23.4 Å². The number of nitrogens with zero attached hydrogens (tertiary/aromatic N) is 2. The number of rotatable bonds is 2. The Morgan fingerprint density at radius 1 is 1.35 bits per heavy atom. The predicted octanol–water partition coefficient (Wildman–Crippen LogP) is 1.35. The van der Waals surface area contributed by atoms with Gasteiger partial charge < -0.3 is 15.7 Å². The predicted molar refractivity (Wildman–Crippen MR) is 67.7 cm³/mol. The number of aliphatic hydroxyl groups is 1. The van der Waals surface area contributed by atoms with Gasteiger partial charge in [0.1, 0.15) is 17.3 Å². The Morgan fingerprint density at radius 2 is 1.95 bits per heavy atom. The summed E-state index contributed by atoms with van der Waals surface area (Å²) in [7, 11) is 0. The number of nitrogens with one attached hydrogen (secondary N) is 1. The van der Waals surface area contributed by atoms with Crippen LogP contribution in [0.25, 0.3) is 0 Å². The number of aromatic nitrogens is 1. The fourth-order valence-corrected chi connectivity index (χ4v) is 2.14. The number of pyridine rings is 1. The van der Waals surface area contributed by atoms with Gasteiger partial charge in [-0.1, -0.05) is 0 Å². The average molecular weight is 288 g/mol. The van der Waals surface area contributed by atoms with Gasteiger partial charge in [-0.2, -0.15) is 13.2 Å². The van der Waals surface area contributed by atoms with Gasteiger partial charge in [0, 0.05) is 13.1 Å². The van der Waals surface area contributed by atoms with Gasteiger partial charge in [-0.15, -0.1) is 0 Å². The molecule has 20 heavy (non-hydrogen) atoms. The molecule has 1 aromatic rings. The molecule has 1 aliphatic rings. The average Bonchev–Trinajstić information content (AvgIpc) is 2.37. The Kier molecular flexibility index (Phi) is 3.85. The van der Waals surface area contributed by atoms with Crippen LogP contribution in [0.3, 0.4) is 0 Å². The first kappa shape index (κ1) is 14.6. The number of hydrogen-bond donors (Lipinski definition) is 3. The van der Waals surface area contributed by atoms with Gasteiger partial charge in [0.2, 0.25) is 0 Å². The Balaban J connectivity index is 2.39. The van der Waals surface area contributed by atoms with E-state index in [0.29, 0.717) is 25.9 Å². The lowest BCUT2D eigenvalue weighted by Crippen LogP contribution is -2.38. The molecule has 1 fully saturated rings. The SMILES string of the molecule is N=C(N)c1ccc(C(F)(F)F)nc1N1CCC(O)CC1. The second-order valence-corrected chi connectivity index (χ2v) is 4.70. The van der Waals surface area contributed by atoms with Gasteiger partial charge in [-0.05, 0) is 25.0 Å². The molecule has 0 atom stereocenters. The summed E-state index contributed by atoms with van der Waals surface area (Å²) < 4.78 is 38.2. The molecule has 0 unspecified atom stereocenters. The normalized spacial score (nSPS) is 17.3. The van der Waals surface area contributed by atoms with Crippen LogP contribution >= 0.6 is 0 Å². The van der Waals surface area contributed by atoms with Crippen molar-refractivity contribution in [3.63, 3.8) is 0 Å². The second-order valence-electron chi connectivity index (χ2n) is 4.70. The summed E-state index contributed by atoms with van der Waals surface area (Å²) in [6.07, 6.45) is -4.08. The standard InChI is InChI=1S/C12H15F3N4O/c13-12(14,15)9-2-1-8(10(16)17)11(18-9)19-5-3-7(20)4-6-19/h1-2,7,20H,3-6H2,(H3,16,17). The van der Waals surface area contributed by atoms with Gasteiger partial charge in [0.05, 0.1) is 11.7 Å². The highest BCUT2D eigenvalue weighted by Gasteiger charge is 2.34. The number of halogens is 3. The Labute approximate surface area is 113 Å². The molecule has 1 aliphatic heterocycles. The van der Waals surface area contributed by atoms with Crippen LogP contribution in [0, 0.1) is 5.41 Å². The molecule has 1 aromatic heterocycles. The van der Waals surface area contributed by atoms with E-state index < -0.39 is 18.0 Å². The van der Waals surface area contributed by atoms with Gasteiger partial charge in [0.15, 0.2) is 0 Å². The number of hydrogen-bond acceptors (Lipinski definition) is 4. The lowest BCUT2D eigenvalue weighted by Gasteiger charge is -2.32. The maximum absolute atomic E-state index is 12.7.